The van der Waals surface area contributed by atoms with E-state index in [1.54, 1.807) is 24.4 Å². The molecule has 2 amide bonds. The molecule has 0 saturated heterocycles. The number of aliphatic imine (C=N–C) groups is 1. The third-order valence-electron chi connectivity index (χ3n) is 5.27. The van der Waals surface area contributed by atoms with Crippen LogP contribution in [0.25, 0.3) is 10.6 Å². The first-order chi connectivity index (χ1) is 19.2. The summed E-state index contributed by atoms with van der Waals surface area (Å²) < 4.78 is 31.7. The lowest BCUT2D eigenvalue weighted by molar-refractivity contribution is -0.192. The maximum Gasteiger partial charge on any atom is 0.490 e. The average Bonchev–Trinajstić information content (AvgIpc) is 3.55. The third kappa shape index (κ3) is 8.96. The molecule has 2 heterocycles. The molecule has 4 N–H and O–H groups in total. The number of likely N-dealkylation sites (N-methyl/N-ethyl adjacent to an activating group) is 1. The van der Waals surface area contributed by atoms with Crippen LogP contribution in [0.3, 0.4) is 0 Å². The highest BCUT2D eigenvalue weighted by molar-refractivity contribution is 7.18. The van der Waals surface area contributed by atoms with Gasteiger partial charge in [-0.05, 0) is 43.9 Å². The van der Waals surface area contributed by atoms with Crippen LogP contribution < -0.4 is 16.0 Å². The number of nitrogens with one attached hydrogen (secondary N) is 3. The van der Waals surface area contributed by atoms with Crippen LogP contribution in [0.15, 0.2) is 35.3 Å². The molecule has 0 fully saturated rings. The predicted molar refractivity (Wildman–Crippen MR) is 150 cm³/mol. The number of carboxylic acids is 1. The summed E-state index contributed by atoms with van der Waals surface area (Å²) in [6.45, 7) is 3.27. The molecule has 0 saturated carbocycles. The maximum atomic E-state index is 12.7. The van der Waals surface area contributed by atoms with E-state index < -0.39 is 12.1 Å². The van der Waals surface area contributed by atoms with Crippen LogP contribution in [0.5, 0.6) is 0 Å². The average molecular weight is 612 g/mol. The number of aliphatic carboxylic acids is 1. The van der Waals surface area contributed by atoms with Crippen LogP contribution in [0.2, 0.25) is 5.02 Å². The minimum atomic E-state index is -5.08. The second-order valence-electron chi connectivity index (χ2n) is 8.85. The largest absolute Gasteiger partial charge is 0.490 e. The summed E-state index contributed by atoms with van der Waals surface area (Å²) in [7, 11) is 3.87. The van der Waals surface area contributed by atoms with Gasteiger partial charge in [-0.15, -0.1) is 10.2 Å². The lowest BCUT2D eigenvalue weighted by atomic mass is 10.1. The van der Waals surface area contributed by atoms with Crippen LogP contribution >= 0.6 is 22.9 Å². The molecule has 11 nitrogen and oxygen atoms in total. The van der Waals surface area contributed by atoms with Crippen LogP contribution in [0.1, 0.15) is 28.4 Å². The minimum absolute atomic E-state index is 0.231. The van der Waals surface area contributed by atoms with E-state index in [4.69, 9.17) is 21.5 Å². The fourth-order valence-electron chi connectivity index (χ4n) is 3.40. The number of carboxylic acid groups (broad SMARTS) is 1. The van der Waals surface area contributed by atoms with Crippen molar-refractivity contribution in [1.82, 2.24) is 20.4 Å². The number of nitrogens with zero attached hydrogens (tertiary/aromatic N) is 4. The Morgan fingerprint density at radius 2 is 1.85 bits per heavy atom. The van der Waals surface area contributed by atoms with Gasteiger partial charge in [0.2, 0.25) is 11.0 Å². The summed E-state index contributed by atoms with van der Waals surface area (Å²) in [6, 6.07) is 9.02. The summed E-state index contributed by atoms with van der Waals surface area (Å²) in [5.74, 6) is -3.22. The molecular weight excluding hydrogens is 587 g/mol. The molecule has 0 aliphatic carbocycles. The number of amides is 2. The first kappa shape index (κ1) is 31.4. The first-order valence-corrected chi connectivity index (χ1v) is 13.0. The Hall–Kier alpha value is -4.08. The van der Waals surface area contributed by atoms with E-state index in [0.717, 1.165) is 11.1 Å². The van der Waals surface area contributed by atoms with Gasteiger partial charge in [0.15, 0.2) is 0 Å². The van der Waals surface area contributed by atoms with Crippen molar-refractivity contribution in [2.45, 2.75) is 19.6 Å². The van der Waals surface area contributed by atoms with Crippen molar-refractivity contribution in [2.75, 3.05) is 37.8 Å². The summed E-state index contributed by atoms with van der Waals surface area (Å²) in [4.78, 5) is 39.5. The Morgan fingerprint density at radius 1 is 1.15 bits per heavy atom. The van der Waals surface area contributed by atoms with Gasteiger partial charge >= 0.3 is 12.1 Å². The lowest BCUT2D eigenvalue weighted by Crippen LogP contribution is -2.31. The van der Waals surface area contributed by atoms with Gasteiger partial charge in [-0.1, -0.05) is 29.0 Å². The summed E-state index contributed by atoms with van der Waals surface area (Å²) in [5, 5.41) is 26.2. The molecule has 0 atom stereocenters. The standard InChI is InChI=1S/C23H24ClN7O2S.C2HF3O2/c1-13(32)27-17-9-15(21(33)26-6-7-31(2)3)8-16(10-17)22-29-30-23(34-22)28-19-5-4-14-11-25-12-18(14)20(19)24;3-2(4,5)1(6)7/h4-5,8-10,12H,6-7,11H2,1-3H3,(H,26,33)(H,27,32)(H,28,30);(H,6,7). The third-order valence-corrected chi connectivity index (χ3v) is 6.56. The van der Waals surface area contributed by atoms with Gasteiger partial charge in [-0.2, -0.15) is 13.2 Å². The van der Waals surface area contributed by atoms with Crippen molar-refractivity contribution in [3.63, 3.8) is 0 Å². The number of rotatable bonds is 8. The second kappa shape index (κ2) is 13.5. The molecule has 41 heavy (non-hydrogen) atoms. The zero-order valence-corrected chi connectivity index (χ0v) is 23.5. The van der Waals surface area contributed by atoms with Gasteiger partial charge in [0.05, 0.1) is 17.3 Å². The maximum absolute atomic E-state index is 12.7. The highest BCUT2D eigenvalue weighted by Crippen LogP contribution is 2.35. The van der Waals surface area contributed by atoms with Crippen molar-refractivity contribution < 1.29 is 32.7 Å². The topological polar surface area (TPSA) is 149 Å². The van der Waals surface area contributed by atoms with E-state index >= 15 is 0 Å². The molecule has 218 valence electrons. The lowest BCUT2D eigenvalue weighted by Gasteiger charge is -2.12. The smallest absolute Gasteiger partial charge is 0.475 e. The number of alkyl halides is 3. The van der Waals surface area contributed by atoms with E-state index in [0.29, 0.717) is 57.3 Å². The summed E-state index contributed by atoms with van der Waals surface area (Å²) in [5.41, 5.74) is 4.30. The highest BCUT2D eigenvalue weighted by Gasteiger charge is 2.38. The van der Waals surface area contributed by atoms with E-state index in [1.807, 2.05) is 31.1 Å². The zero-order chi connectivity index (χ0) is 30.3. The molecule has 3 aromatic rings. The van der Waals surface area contributed by atoms with Crippen LogP contribution in [0, 0.1) is 0 Å². The van der Waals surface area contributed by atoms with E-state index in [9.17, 15) is 22.8 Å². The monoisotopic (exact) mass is 611 g/mol. The molecule has 16 heteroatoms. The van der Waals surface area contributed by atoms with Gasteiger partial charge in [0, 0.05) is 48.6 Å². The fourth-order valence-corrected chi connectivity index (χ4v) is 4.42. The van der Waals surface area contributed by atoms with Gasteiger partial charge in [0.25, 0.3) is 5.91 Å². The van der Waals surface area contributed by atoms with Gasteiger partial charge in [-0.3, -0.25) is 14.6 Å². The van der Waals surface area contributed by atoms with E-state index in [-0.39, 0.29) is 11.8 Å². The zero-order valence-electron chi connectivity index (χ0n) is 22.0. The number of carbonyl (C=O) groups excluding carboxylic acids is 2. The Kier molecular flexibility index (Phi) is 10.4. The molecule has 0 radical (unpaired) electrons. The molecule has 2 aromatic carbocycles. The Labute approximate surface area is 241 Å². The van der Waals surface area contributed by atoms with Crippen LogP contribution in [-0.4, -0.2) is 77.6 Å². The van der Waals surface area contributed by atoms with E-state index in [2.05, 4.69) is 31.1 Å². The van der Waals surface area contributed by atoms with Crippen molar-refractivity contribution in [3.8, 4) is 10.6 Å². The highest BCUT2D eigenvalue weighted by atomic mass is 35.5. The summed E-state index contributed by atoms with van der Waals surface area (Å²) >= 11 is 7.84. The molecule has 1 aromatic heterocycles. The molecule has 1 aliphatic rings. The minimum Gasteiger partial charge on any atom is -0.475 e. The van der Waals surface area contributed by atoms with Crippen molar-refractivity contribution >= 4 is 63.4 Å². The number of halogens is 4. The first-order valence-electron chi connectivity index (χ1n) is 11.8. The van der Waals surface area contributed by atoms with Gasteiger partial charge in [0.1, 0.15) is 5.01 Å². The number of fused-ring (bicyclic) bond motifs is 1. The normalized spacial score (nSPS) is 11.9. The second-order valence-corrected chi connectivity index (χ2v) is 10.2. The number of aromatic nitrogens is 2. The van der Waals surface area contributed by atoms with Crippen molar-refractivity contribution in [2.24, 2.45) is 4.99 Å². The molecular formula is C25H25ClF3N7O4S. The number of hydrogen-bond acceptors (Lipinski definition) is 9. The molecule has 0 spiro atoms. The van der Waals surface area contributed by atoms with E-state index in [1.165, 1.54) is 18.3 Å². The van der Waals surface area contributed by atoms with Crippen molar-refractivity contribution in [1.29, 1.82) is 0 Å². The molecule has 1 aliphatic heterocycles. The van der Waals surface area contributed by atoms with Crippen molar-refractivity contribution in [3.05, 3.63) is 52.0 Å². The number of carbonyl (C=O) groups is 3. The molecule has 0 unspecified atom stereocenters. The Balaban J connectivity index is 0.000000587. The summed E-state index contributed by atoms with van der Waals surface area (Å²) in [6.07, 6.45) is -3.31. The number of benzene rings is 2. The molecule has 0 bridgehead atoms. The fraction of sp³-hybridized carbons (Fsp3) is 0.280. The quantitative estimate of drug-likeness (QED) is 0.293. The Morgan fingerprint density at radius 3 is 2.49 bits per heavy atom. The van der Waals surface area contributed by atoms with Crippen LogP contribution in [0.4, 0.5) is 29.7 Å². The van der Waals surface area contributed by atoms with Gasteiger partial charge in [-0.25, -0.2) is 4.79 Å². The number of hydrogen-bond donors (Lipinski definition) is 4. The predicted octanol–water partition coefficient (Wildman–Crippen LogP) is 4.42. The SMILES string of the molecule is CC(=O)Nc1cc(C(=O)NCCN(C)C)cc(-c2nnc(Nc3ccc4c(c3Cl)C=NC4)s2)c1.O=C(O)C(F)(F)F. The number of anilines is 3. The van der Waals surface area contributed by atoms with Gasteiger partial charge < -0.3 is 26.0 Å². The Bertz CT molecular complexity index is 1480. The van der Waals surface area contributed by atoms with Crippen LogP contribution in [-0.2, 0) is 16.1 Å². The molecule has 4 rings (SSSR count).